The number of methoxy groups -OCH3 is 2. The maximum atomic E-state index is 11.4. The largest absolute Gasteiger partial charge is 0.493 e. The molecule has 0 saturated carbocycles. The van der Waals surface area contributed by atoms with Gasteiger partial charge in [-0.25, -0.2) is 0 Å². The highest BCUT2D eigenvalue weighted by atomic mass is 16.5. The van der Waals surface area contributed by atoms with Crippen molar-refractivity contribution in [2.75, 3.05) is 33.9 Å². The van der Waals surface area contributed by atoms with Gasteiger partial charge in [-0.1, -0.05) is 6.07 Å². The number of rotatable bonds is 9. The van der Waals surface area contributed by atoms with Gasteiger partial charge in [0.1, 0.15) is 0 Å². The molecule has 0 spiro atoms. The highest BCUT2D eigenvalue weighted by molar-refractivity contribution is 5.82. The minimum absolute atomic E-state index is 0.327. The van der Waals surface area contributed by atoms with Crippen molar-refractivity contribution in [2.45, 2.75) is 27.2 Å². The Kier molecular flexibility index (Phi) is 8.04. The molecule has 0 radical (unpaired) electrons. The SMILES string of the molecule is CCNC(=NCC(C)(C)C(N)=O)NCCc1ccc(OC)c(OC)c1. The minimum atomic E-state index is -0.675. The zero-order chi connectivity index (χ0) is 18.9. The van der Waals surface area contributed by atoms with Crippen LogP contribution in [-0.2, 0) is 11.2 Å². The molecule has 0 aliphatic carbocycles. The van der Waals surface area contributed by atoms with Gasteiger partial charge in [-0.15, -0.1) is 0 Å². The lowest BCUT2D eigenvalue weighted by Gasteiger charge is -2.19. The van der Waals surface area contributed by atoms with E-state index < -0.39 is 5.41 Å². The van der Waals surface area contributed by atoms with Crippen LogP contribution in [0.25, 0.3) is 0 Å². The van der Waals surface area contributed by atoms with Crippen LogP contribution >= 0.6 is 0 Å². The van der Waals surface area contributed by atoms with Gasteiger partial charge in [0, 0.05) is 13.1 Å². The van der Waals surface area contributed by atoms with Crippen molar-refractivity contribution in [3.8, 4) is 11.5 Å². The molecule has 0 aromatic heterocycles. The molecule has 1 rings (SSSR count). The molecule has 0 saturated heterocycles. The maximum absolute atomic E-state index is 11.4. The lowest BCUT2D eigenvalue weighted by Crippen LogP contribution is -2.40. The zero-order valence-corrected chi connectivity index (χ0v) is 15.8. The number of nitrogens with one attached hydrogen (secondary N) is 2. The molecular formula is C18H30N4O3. The Bertz CT molecular complexity index is 600. The van der Waals surface area contributed by atoms with E-state index in [9.17, 15) is 4.79 Å². The van der Waals surface area contributed by atoms with E-state index >= 15 is 0 Å². The monoisotopic (exact) mass is 350 g/mol. The summed E-state index contributed by atoms with van der Waals surface area (Å²) in [5, 5.41) is 6.42. The van der Waals surface area contributed by atoms with Gasteiger partial charge < -0.3 is 25.8 Å². The van der Waals surface area contributed by atoms with Crippen LogP contribution in [0.1, 0.15) is 26.3 Å². The second-order valence-corrected chi connectivity index (χ2v) is 6.31. The Hall–Kier alpha value is -2.44. The summed E-state index contributed by atoms with van der Waals surface area (Å²) in [6.45, 7) is 7.31. The van der Waals surface area contributed by atoms with Crippen molar-refractivity contribution >= 4 is 11.9 Å². The maximum Gasteiger partial charge on any atom is 0.224 e. The summed E-state index contributed by atoms with van der Waals surface area (Å²) >= 11 is 0. The fraction of sp³-hybridized carbons (Fsp3) is 0.556. The van der Waals surface area contributed by atoms with Gasteiger partial charge in [0.2, 0.25) is 5.91 Å². The number of benzene rings is 1. The second-order valence-electron chi connectivity index (χ2n) is 6.31. The van der Waals surface area contributed by atoms with Crippen LogP contribution < -0.4 is 25.8 Å². The highest BCUT2D eigenvalue weighted by Crippen LogP contribution is 2.27. The normalized spacial score (nSPS) is 11.8. The number of carbonyl (C=O) groups is 1. The molecule has 0 aliphatic heterocycles. The number of guanidine groups is 1. The first-order chi connectivity index (χ1) is 11.8. The Morgan fingerprint density at radius 3 is 2.44 bits per heavy atom. The van der Waals surface area contributed by atoms with Gasteiger partial charge in [0.15, 0.2) is 17.5 Å². The number of hydrogen-bond acceptors (Lipinski definition) is 4. The van der Waals surface area contributed by atoms with E-state index in [0.717, 1.165) is 18.5 Å². The van der Waals surface area contributed by atoms with Crippen LogP contribution in [0.4, 0.5) is 0 Å². The van der Waals surface area contributed by atoms with Crippen LogP contribution in [0.2, 0.25) is 0 Å². The van der Waals surface area contributed by atoms with Crippen molar-refractivity contribution in [2.24, 2.45) is 16.1 Å². The first-order valence-electron chi connectivity index (χ1n) is 8.37. The van der Waals surface area contributed by atoms with E-state index in [4.69, 9.17) is 15.2 Å². The average Bonchev–Trinajstić information content (AvgIpc) is 2.59. The summed E-state index contributed by atoms with van der Waals surface area (Å²) in [5.41, 5.74) is 5.84. The van der Waals surface area contributed by atoms with E-state index in [1.165, 1.54) is 0 Å². The molecule has 1 aromatic carbocycles. The van der Waals surface area contributed by atoms with Crippen molar-refractivity contribution in [3.63, 3.8) is 0 Å². The zero-order valence-electron chi connectivity index (χ0n) is 15.8. The summed E-state index contributed by atoms with van der Waals surface area (Å²) in [6, 6.07) is 5.85. The third-order valence-corrected chi connectivity index (χ3v) is 3.80. The van der Waals surface area contributed by atoms with Crippen LogP contribution in [0.3, 0.4) is 0 Å². The molecule has 4 N–H and O–H groups in total. The topological polar surface area (TPSA) is 98.0 Å². The van der Waals surface area contributed by atoms with E-state index in [2.05, 4.69) is 15.6 Å². The summed E-state index contributed by atoms with van der Waals surface area (Å²) in [4.78, 5) is 15.8. The fourth-order valence-corrected chi connectivity index (χ4v) is 2.06. The molecule has 0 heterocycles. The van der Waals surface area contributed by atoms with Crippen LogP contribution in [0, 0.1) is 5.41 Å². The van der Waals surface area contributed by atoms with E-state index in [0.29, 0.717) is 30.5 Å². The van der Waals surface area contributed by atoms with Crippen molar-refractivity contribution < 1.29 is 14.3 Å². The highest BCUT2D eigenvalue weighted by Gasteiger charge is 2.24. The predicted octanol–water partition coefficient (Wildman–Crippen LogP) is 1.31. The number of amides is 1. The van der Waals surface area contributed by atoms with Crippen molar-refractivity contribution in [3.05, 3.63) is 23.8 Å². The molecule has 1 amide bonds. The molecule has 0 atom stereocenters. The third-order valence-electron chi connectivity index (χ3n) is 3.80. The van der Waals surface area contributed by atoms with E-state index in [1.807, 2.05) is 25.1 Å². The lowest BCUT2D eigenvalue weighted by molar-refractivity contribution is -0.125. The Balaban J connectivity index is 2.65. The third kappa shape index (κ3) is 6.52. The predicted molar refractivity (Wildman–Crippen MR) is 100 cm³/mol. The molecule has 0 aliphatic rings. The summed E-state index contributed by atoms with van der Waals surface area (Å²) in [7, 11) is 3.24. The van der Waals surface area contributed by atoms with Gasteiger partial charge in [-0.3, -0.25) is 9.79 Å². The van der Waals surface area contributed by atoms with Crippen molar-refractivity contribution in [1.29, 1.82) is 0 Å². The molecule has 140 valence electrons. The molecule has 7 nitrogen and oxygen atoms in total. The van der Waals surface area contributed by atoms with Gasteiger partial charge in [-0.2, -0.15) is 0 Å². The summed E-state index contributed by atoms with van der Waals surface area (Å²) < 4.78 is 10.6. The quantitative estimate of drug-likeness (QED) is 0.461. The molecule has 25 heavy (non-hydrogen) atoms. The molecule has 0 unspecified atom stereocenters. The smallest absolute Gasteiger partial charge is 0.224 e. The van der Waals surface area contributed by atoms with Gasteiger partial charge in [0.25, 0.3) is 0 Å². The van der Waals surface area contributed by atoms with Crippen LogP contribution in [-0.4, -0.2) is 45.7 Å². The Morgan fingerprint density at radius 1 is 1.20 bits per heavy atom. The second kappa shape index (κ2) is 9.76. The summed E-state index contributed by atoms with van der Waals surface area (Å²) in [6.07, 6.45) is 0.796. The standard InChI is InChI=1S/C18H30N4O3/c1-6-20-17(22-12-18(2,3)16(19)23)21-10-9-13-7-8-14(24-4)15(11-13)25-5/h7-8,11H,6,9-10,12H2,1-5H3,(H2,19,23)(H2,20,21,22). The van der Waals surface area contributed by atoms with Gasteiger partial charge >= 0.3 is 0 Å². The lowest BCUT2D eigenvalue weighted by atomic mass is 9.93. The average molecular weight is 350 g/mol. The van der Waals surface area contributed by atoms with Gasteiger partial charge in [-0.05, 0) is 44.9 Å². The number of nitrogens with zero attached hydrogens (tertiary/aromatic N) is 1. The first kappa shape index (κ1) is 20.6. The number of aliphatic imine (C=N–C) groups is 1. The van der Waals surface area contributed by atoms with Crippen LogP contribution in [0.15, 0.2) is 23.2 Å². The first-order valence-corrected chi connectivity index (χ1v) is 8.37. The number of ether oxygens (including phenoxy) is 2. The number of nitrogens with two attached hydrogens (primary N) is 1. The van der Waals surface area contributed by atoms with Crippen molar-refractivity contribution in [1.82, 2.24) is 10.6 Å². The minimum Gasteiger partial charge on any atom is -0.493 e. The number of primary amides is 1. The fourth-order valence-electron chi connectivity index (χ4n) is 2.06. The summed E-state index contributed by atoms with van der Waals surface area (Å²) in [5.74, 6) is 1.72. The number of carbonyl (C=O) groups excluding carboxylic acids is 1. The Labute approximate surface area is 150 Å². The van der Waals surface area contributed by atoms with E-state index in [1.54, 1.807) is 28.1 Å². The molecule has 0 bridgehead atoms. The molecule has 7 heteroatoms. The molecule has 1 aromatic rings. The number of hydrogen-bond donors (Lipinski definition) is 3. The molecule has 0 fully saturated rings. The Morgan fingerprint density at radius 2 is 1.88 bits per heavy atom. The van der Waals surface area contributed by atoms with Gasteiger partial charge in [0.05, 0.1) is 26.2 Å². The van der Waals surface area contributed by atoms with Crippen LogP contribution in [0.5, 0.6) is 11.5 Å². The molecular weight excluding hydrogens is 320 g/mol. The van der Waals surface area contributed by atoms with E-state index in [-0.39, 0.29) is 5.91 Å².